The molecule has 1 saturated heterocycles. The first kappa shape index (κ1) is 30.7. The zero-order chi connectivity index (χ0) is 30.7. The first-order valence-electron chi connectivity index (χ1n) is 13.6. The average Bonchev–Trinajstić information content (AvgIpc) is 3.00. The van der Waals surface area contributed by atoms with E-state index in [2.05, 4.69) is 15.7 Å². The maximum Gasteiger partial charge on any atom is 0.280 e. The third-order valence-corrected chi connectivity index (χ3v) is 8.17. The Morgan fingerprint density at radius 2 is 1.88 bits per heavy atom. The second kappa shape index (κ2) is 13.2. The fraction of sp³-hybridized carbons (Fsp3) is 0.290. The van der Waals surface area contributed by atoms with Crippen molar-refractivity contribution in [2.24, 2.45) is 7.05 Å². The summed E-state index contributed by atoms with van der Waals surface area (Å²) in [5, 5.41) is 20.7. The van der Waals surface area contributed by atoms with Gasteiger partial charge in [-0.15, -0.1) is 0 Å². The fourth-order valence-electron chi connectivity index (χ4n) is 5.04. The summed E-state index contributed by atoms with van der Waals surface area (Å²) in [5.41, 5.74) is 4.19. The number of hydrogen-bond donors (Lipinski definition) is 3. The zero-order valence-corrected chi connectivity index (χ0v) is 25.4. The molecule has 5 rings (SSSR count). The second-order valence-corrected chi connectivity index (χ2v) is 11.0. The SMILES string of the molecule is COc1nc(-c2cccc(-c3cccc(NC(=O)c4c(Cl)cnn(C)c4=O)c3C)c2Cl)ccc1CN[C@@H]1CCOC[C@@H]1O. The Hall–Kier alpha value is -3.80. The van der Waals surface area contributed by atoms with Crippen molar-refractivity contribution in [2.75, 3.05) is 25.6 Å². The predicted molar refractivity (Wildman–Crippen MR) is 166 cm³/mol. The molecule has 0 unspecified atom stereocenters. The summed E-state index contributed by atoms with van der Waals surface area (Å²) in [4.78, 5) is 30.3. The van der Waals surface area contributed by atoms with Crippen LogP contribution in [0.3, 0.4) is 0 Å². The van der Waals surface area contributed by atoms with Gasteiger partial charge in [0.15, 0.2) is 0 Å². The standard InChI is InChI=1S/C31H31Cl2N5O5/c1-17-19(6-5-9-23(17)36-29(40)27-22(32)15-35-38(2)31(27)41)20-7-4-8-21(28(20)33)24-11-10-18(30(37-24)42-3)14-34-25-12-13-43-16-26(25)39/h4-11,15,25-26,34,39H,12-14,16H2,1-3H3,(H,36,40)/t25-,26+/m1/s1. The number of aryl methyl sites for hydroxylation is 1. The molecule has 1 amide bonds. The number of carbonyl (C=O) groups is 1. The van der Waals surface area contributed by atoms with Gasteiger partial charge in [0.2, 0.25) is 5.88 Å². The van der Waals surface area contributed by atoms with E-state index in [-0.39, 0.29) is 16.6 Å². The molecule has 2 atom stereocenters. The maximum absolute atomic E-state index is 13.0. The van der Waals surface area contributed by atoms with E-state index in [9.17, 15) is 14.7 Å². The van der Waals surface area contributed by atoms with Gasteiger partial charge in [-0.05, 0) is 36.6 Å². The third-order valence-electron chi connectivity index (χ3n) is 7.48. The van der Waals surface area contributed by atoms with E-state index in [1.165, 1.54) is 13.2 Å². The number of rotatable bonds is 8. The molecule has 1 aliphatic rings. The monoisotopic (exact) mass is 623 g/mol. The number of ether oxygens (including phenoxy) is 2. The van der Waals surface area contributed by atoms with Crippen LogP contribution in [0.5, 0.6) is 5.88 Å². The van der Waals surface area contributed by atoms with E-state index in [4.69, 9.17) is 37.7 Å². The van der Waals surface area contributed by atoms with E-state index in [1.54, 1.807) is 19.2 Å². The minimum Gasteiger partial charge on any atom is -0.481 e. The summed E-state index contributed by atoms with van der Waals surface area (Å²) < 4.78 is 12.0. The Kier molecular flexibility index (Phi) is 9.43. The number of hydrogen-bond acceptors (Lipinski definition) is 8. The molecule has 0 aliphatic carbocycles. The van der Waals surface area contributed by atoms with Crippen LogP contribution in [0, 0.1) is 6.92 Å². The molecular weight excluding hydrogens is 593 g/mol. The summed E-state index contributed by atoms with van der Waals surface area (Å²) in [6, 6.07) is 14.8. The smallest absolute Gasteiger partial charge is 0.280 e. The minimum atomic E-state index is -0.634. The molecule has 12 heteroatoms. The number of aliphatic hydroxyl groups is 1. The number of amides is 1. The Labute approximate surface area is 258 Å². The van der Waals surface area contributed by atoms with Crippen molar-refractivity contribution >= 4 is 34.8 Å². The van der Waals surface area contributed by atoms with Gasteiger partial charge in [-0.2, -0.15) is 5.10 Å². The van der Waals surface area contributed by atoms with Gasteiger partial charge in [0.1, 0.15) is 5.56 Å². The van der Waals surface area contributed by atoms with E-state index in [0.29, 0.717) is 47.6 Å². The lowest BCUT2D eigenvalue weighted by molar-refractivity contribution is -0.0281. The van der Waals surface area contributed by atoms with Crippen molar-refractivity contribution in [1.82, 2.24) is 20.1 Å². The lowest BCUT2D eigenvalue weighted by Crippen LogP contribution is -2.46. The van der Waals surface area contributed by atoms with Crippen molar-refractivity contribution in [3.05, 3.63) is 91.8 Å². The highest BCUT2D eigenvalue weighted by molar-refractivity contribution is 6.36. The number of halogens is 2. The number of aromatic nitrogens is 3. The topological polar surface area (TPSA) is 128 Å². The number of methoxy groups -OCH3 is 1. The molecule has 1 fully saturated rings. The highest BCUT2D eigenvalue weighted by Gasteiger charge is 2.24. The van der Waals surface area contributed by atoms with Crippen molar-refractivity contribution < 1.29 is 19.4 Å². The van der Waals surface area contributed by atoms with Gasteiger partial charge in [0, 0.05) is 48.6 Å². The number of anilines is 1. The molecule has 4 aromatic rings. The molecule has 10 nitrogen and oxygen atoms in total. The quantitative estimate of drug-likeness (QED) is 0.259. The normalized spacial score (nSPS) is 16.6. The van der Waals surface area contributed by atoms with Crippen LogP contribution in [-0.2, 0) is 18.3 Å². The van der Waals surface area contributed by atoms with Crippen molar-refractivity contribution in [2.45, 2.75) is 32.0 Å². The summed E-state index contributed by atoms with van der Waals surface area (Å²) >= 11 is 13.1. The van der Waals surface area contributed by atoms with E-state index in [1.807, 2.05) is 43.3 Å². The highest BCUT2D eigenvalue weighted by Crippen LogP contribution is 2.39. The molecule has 224 valence electrons. The number of pyridine rings is 1. The second-order valence-electron chi connectivity index (χ2n) is 10.2. The molecular formula is C31H31Cl2N5O5. The van der Waals surface area contributed by atoms with Gasteiger partial charge in [-0.1, -0.05) is 59.6 Å². The highest BCUT2D eigenvalue weighted by atomic mass is 35.5. The largest absolute Gasteiger partial charge is 0.481 e. The Balaban J connectivity index is 1.42. The van der Waals surface area contributed by atoms with Crippen LogP contribution in [0.2, 0.25) is 10.0 Å². The molecule has 0 bridgehead atoms. The Bertz CT molecular complexity index is 1730. The molecule has 0 radical (unpaired) electrons. The van der Waals surface area contributed by atoms with Gasteiger partial charge in [0.05, 0.1) is 41.8 Å². The summed E-state index contributed by atoms with van der Waals surface area (Å²) in [6.07, 6.45) is 1.41. The van der Waals surface area contributed by atoms with E-state index >= 15 is 0 Å². The van der Waals surface area contributed by atoms with Gasteiger partial charge in [-0.25, -0.2) is 9.67 Å². The number of benzene rings is 2. The van der Waals surface area contributed by atoms with E-state index < -0.39 is 17.6 Å². The van der Waals surface area contributed by atoms with Crippen LogP contribution < -0.4 is 20.9 Å². The van der Waals surface area contributed by atoms with Gasteiger partial charge in [0.25, 0.3) is 11.5 Å². The van der Waals surface area contributed by atoms with Gasteiger partial charge in [-0.3, -0.25) is 9.59 Å². The molecule has 43 heavy (non-hydrogen) atoms. The third kappa shape index (κ3) is 6.43. The minimum absolute atomic E-state index is 0.0314. The molecule has 3 heterocycles. The lowest BCUT2D eigenvalue weighted by atomic mass is 9.96. The number of nitrogens with one attached hydrogen (secondary N) is 2. The van der Waals surface area contributed by atoms with Crippen LogP contribution in [0.1, 0.15) is 27.9 Å². The predicted octanol–water partition coefficient (Wildman–Crippen LogP) is 4.62. The van der Waals surface area contributed by atoms with Crippen LogP contribution >= 0.6 is 23.2 Å². The van der Waals surface area contributed by atoms with Crippen LogP contribution in [0.25, 0.3) is 22.4 Å². The maximum atomic E-state index is 13.0. The summed E-state index contributed by atoms with van der Waals surface area (Å²) in [5.74, 6) is -0.180. The Morgan fingerprint density at radius 3 is 2.65 bits per heavy atom. The van der Waals surface area contributed by atoms with Crippen molar-refractivity contribution in [3.8, 4) is 28.3 Å². The first-order chi connectivity index (χ1) is 20.7. The fourth-order valence-corrected chi connectivity index (χ4v) is 5.58. The van der Waals surface area contributed by atoms with Crippen molar-refractivity contribution in [1.29, 1.82) is 0 Å². The average molecular weight is 625 g/mol. The molecule has 0 saturated carbocycles. The number of nitrogens with zero attached hydrogens (tertiary/aromatic N) is 3. The van der Waals surface area contributed by atoms with Gasteiger partial charge < -0.3 is 25.2 Å². The van der Waals surface area contributed by atoms with Gasteiger partial charge >= 0.3 is 0 Å². The molecule has 2 aromatic heterocycles. The first-order valence-corrected chi connectivity index (χ1v) is 14.4. The van der Waals surface area contributed by atoms with Crippen molar-refractivity contribution in [3.63, 3.8) is 0 Å². The van der Waals surface area contributed by atoms with Crippen LogP contribution in [-0.4, -0.2) is 58.2 Å². The Morgan fingerprint density at radius 1 is 1.14 bits per heavy atom. The number of aliphatic hydroxyl groups excluding tert-OH is 1. The molecule has 2 aromatic carbocycles. The molecule has 3 N–H and O–H groups in total. The molecule has 0 spiro atoms. The summed E-state index contributed by atoms with van der Waals surface area (Å²) in [7, 11) is 3.01. The lowest BCUT2D eigenvalue weighted by Gasteiger charge is -2.28. The van der Waals surface area contributed by atoms with E-state index in [0.717, 1.165) is 33.4 Å². The molecule has 1 aliphatic heterocycles. The van der Waals surface area contributed by atoms with Crippen LogP contribution in [0.4, 0.5) is 5.69 Å². The zero-order valence-electron chi connectivity index (χ0n) is 23.9. The number of carbonyl (C=O) groups excluding carboxylic acids is 1. The summed E-state index contributed by atoms with van der Waals surface area (Å²) in [6.45, 7) is 3.25. The van der Waals surface area contributed by atoms with Crippen LogP contribution in [0.15, 0.2) is 59.5 Å².